The number of aromatic nitrogens is 5. The Morgan fingerprint density at radius 3 is 2.14 bits per heavy atom. The van der Waals surface area contributed by atoms with E-state index in [0.717, 1.165) is 64.3 Å². The number of aliphatic imine (C=N–C) groups is 1. The normalized spacial score (nSPS) is 15.8. The molecule has 2 saturated heterocycles. The van der Waals surface area contributed by atoms with Gasteiger partial charge in [0.25, 0.3) is 5.91 Å². The number of hydrogen-bond acceptors (Lipinski definition) is 11. The molecule has 332 valence electrons. The number of nitrogens with one attached hydrogen (secondary N) is 1. The van der Waals surface area contributed by atoms with Crippen molar-refractivity contribution < 1.29 is 28.9 Å². The first-order valence-electron chi connectivity index (χ1n) is 21.0. The van der Waals surface area contributed by atoms with Crippen molar-refractivity contribution in [3.05, 3.63) is 171 Å². The van der Waals surface area contributed by atoms with E-state index in [4.69, 9.17) is 26.0 Å². The summed E-state index contributed by atoms with van der Waals surface area (Å²) in [6, 6.07) is 19.7. The fraction of sp³-hybridized carbons (Fsp3) is 0.220. The Morgan fingerprint density at radius 2 is 1.52 bits per heavy atom. The fourth-order valence-corrected chi connectivity index (χ4v) is 6.83. The third-order valence-electron chi connectivity index (χ3n) is 10.3. The monoisotopic (exact) mass is 945 g/mol. The molecule has 0 saturated carbocycles. The van der Waals surface area contributed by atoms with Gasteiger partial charge in [-0.25, -0.2) is 19.3 Å². The average Bonchev–Trinajstić information content (AvgIpc) is 3.99. The minimum Gasteiger partial charge on any atom is -0.478 e. The number of carbonyl (C=O) groups excluding carboxylic acids is 1. The quantitative estimate of drug-likeness (QED) is 0.142. The first kappa shape index (κ1) is 46.5. The molecule has 1 atom stereocenters. The van der Waals surface area contributed by atoms with E-state index in [1.165, 1.54) is 5.56 Å². The molecule has 4 aromatic heterocycles. The van der Waals surface area contributed by atoms with E-state index >= 15 is 0 Å². The van der Waals surface area contributed by atoms with Crippen LogP contribution in [0.2, 0.25) is 0 Å². The molecule has 1 amide bonds. The molecule has 6 aromatic rings. The molecule has 0 radical (unpaired) electrons. The SMILES string of the molecule is C#Cc1cnn2ccc(-c3ccc(C(=O)O)cc3)nc12.C1COCCN1.Cc1cnccc1Br.Cc1cnccc1C#CC1=CN=[N+]2C=CC(c3ccc(C(=O)N4CCOCC4)cc3)=NC12. The zero-order chi connectivity index (χ0) is 46.3. The van der Waals surface area contributed by atoms with E-state index in [2.05, 4.69) is 64.2 Å². The molecule has 4 aliphatic heterocycles. The summed E-state index contributed by atoms with van der Waals surface area (Å²) in [7, 11) is 0. The summed E-state index contributed by atoms with van der Waals surface area (Å²) >= 11 is 3.36. The summed E-state index contributed by atoms with van der Waals surface area (Å²) in [4.78, 5) is 42.7. The molecule has 4 aliphatic rings. The predicted octanol–water partition coefficient (Wildman–Crippen LogP) is 6.75. The highest BCUT2D eigenvalue weighted by molar-refractivity contribution is 9.10. The van der Waals surface area contributed by atoms with Crippen molar-refractivity contribution in [2.24, 2.45) is 10.1 Å². The molecule has 0 spiro atoms. The first-order valence-corrected chi connectivity index (χ1v) is 21.8. The number of morpholine rings is 2. The lowest BCUT2D eigenvalue weighted by Crippen LogP contribution is -2.40. The fourth-order valence-electron chi connectivity index (χ4n) is 6.61. The number of aromatic carboxylic acids is 1. The number of nitrogens with zero attached hydrogens (tertiary/aromatic N) is 9. The number of halogens is 1. The maximum atomic E-state index is 12.7. The van der Waals surface area contributed by atoms with E-state index in [1.807, 2.05) is 73.6 Å². The van der Waals surface area contributed by atoms with Crippen molar-refractivity contribution in [1.29, 1.82) is 0 Å². The molecular weight excluding hydrogens is 901 g/mol. The van der Waals surface area contributed by atoms with Gasteiger partial charge in [-0.2, -0.15) is 5.10 Å². The van der Waals surface area contributed by atoms with Crippen LogP contribution in [0.15, 0.2) is 143 Å². The summed E-state index contributed by atoms with van der Waals surface area (Å²) in [5.41, 5.74) is 9.44. The van der Waals surface area contributed by atoms with Gasteiger partial charge >= 0.3 is 12.1 Å². The number of fused-ring (bicyclic) bond motifs is 2. The predicted molar refractivity (Wildman–Crippen MR) is 253 cm³/mol. The van der Waals surface area contributed by atoms with Gasteiger partial charge in [0.05, 0.1) is 55.2 Å². The highest BCUT2D eigenvalue weighted by Gasteiger charge is 2.33. The molecule has 1 unspecified atom stereocenters. The largest absolute Gasteiger partial charge is 0.478 e. The summed E-state index contributed by atoms with van der Waals surface area (Å²) in [6.07, 6.45) is 21.2. The average molecular weight is 947 g/mol. The molecule has 16 heteroatoms. The van der Waals surface area contributed by atoms with Crippen LogP contribution in [0.5, 0.6) is 0 Å². The Morgan fingerprint density at radius 1 is 0.833 bits per heavy atom. The minimum absolute atomic E-state index is 0.0358. The van der Waals surface area contributed by atoms with Gasteiger partial charge in [0, 0.05) is 90.0 Å². The number of benzene rings is 2. The topological polar surface area (TPSA) is 172 Å². The van der Waals surface area contributed by atoms with Crippen LogP contribution < -0.4 is 5.32 Å². The van der Waals surface area contributed by atoms with E-state index in [9.17, 15) is 9.59 Å². The van der Waals surface area contributed by atoms with Crippen LogP contribution in [0.1, 0.15) is 48.5 Å². The summed E-state index contributed by atoms with van der Waals surface area (Å²) in [5.74, 6) is 8.03. The lowest BCUT2D eigenvalue weighted by molar-refractivity contribution is -0.546. The number of aryl methyl sites for hydroxylation is 2. The van der Waals surface area contributed by atoms with Crippen molar-refractivity contribution >= 4 is 39.2 Å². The number of ether oxygens (including phenoxy) is 2. The smallest absolute Gasteiger partial charge is 0.335 e. The van der Waals surface area contributed by atoms with Crippen molar-refractivity contribution in [3.63, 3.8) is 0 Å². The standard InChI is InChI=1S/C25H22N5O2.C15H9N3O2.C6H6BrN.C4H9NO/c1-18-16-26-10-8-19(18)2-7-22-17-27-30-11-9-23(28-24(22)30)20-3-5-21(6-4-20)25(31)29-12-14-32-15-13-29;1-2-10-9-16-18-8-7-13(17-14(10)18)11-3-5-12(6-4-11)15(19)20;1-5-4-8-3-2-6(5)7;1-3-6-4-2-5-1/h3-6,8-11,16-17,24H,12-15H2,1H3;1,3-9H,(H,19,20);2-4H,1H3;5H,1-4H2/q+1;;;. The van der Waals surface area contributed by atoms with Gasteiger partial charge in [-0.05, 0) is 72.6 Å². The Kier molecular flexibility index (Phi) is 16.2. The number of carbonyl (C=O) groups is 2. The van der Waals surface area contributed by atoms with Gasteiger partial charge in [-0.15, -0.1) is 6.42 Å². The van der Waals surface area contributed by atoms with Crippen LogP contribution in [0.25, 0.3) is 16.9 Å². The number of pyridine rings is 2. The number of carboxylic acids is 1. The van der Waals surface area contributed by atoms with E-state index in [-0.39, 0.29) is 17.6 Å². The molecule has 2 N–H and O–H groups in total. The number of terminal acetylenes is 1. The Bertz CT molecular complexity index is 2880. The van der Waals surface area contributed by atoms with Crippen LogP contribution in [0.4, 0.5) is 0 Å². The molecule has 2 fully saturated rings. The van der Waals surface area contributed by atoms with E-state index in [0.29, 0.717) is 48.8 Å². The molecule has 8 heterocycles. The number of carboxylic acid groups (broad SMARTS) is 1. The molecular formula is C50H46BrN10O5+. The lowest BCUT2D eigenvalue weighted by Gasteiger charge is -2.26. The molecule has 2 aromatic carbocycles. The number of amides is 1. The Balaban J connectivity index is 0.000000160. The van der Waals surface area contributed by atoms with Gasteiger partial charge in [-0.1, -0.05) is 62.7 Å². The minimum atomic E-state index is -0.953. The third-order valence-corrected chi connectivity index (χ3v) is 11.2. The maximum absolute atomic E-state index is 12.7. The van der Waals surface area contributed by atoms with Gasteiger partial charge < -0.3 is 24.8 Å². The van der Waals surface area contributed by atoms with Gasteiger partial charge in [0.15, 0.2) is 5.65 Å². The highest BCUT2D eigenvalue weighted by atomic mass is 79.9. The molecule has 15 nitrogen and oxygen atoms in total. The Hall–Kier alpha value is -7.47. The summed E-state index contributed by atoms with van der Waals surface area (Å²) in [5, 5.41) is 20.5. The third kappa shape index (κ3) is 12.2. The zero-order valence-electron chi connectivity index (χ0n) is 36.3. The van der Waals surface area contributed by atoms with Crippen molar-refractivity contribution in [2.45, 2.75) is 20.0 Å². The maximum Gasteiger partial charge on any atom is 0.335 e. The van der Waals surface area contributed by atoms with Crippen molar-refractivity contribution in [1.82, 2.24) is 34.8 Å². The highest BCUT2D eigenvalue weighted by Crippen LogP contribution is 2.23. The van der Waals surface area contributed by atoms with Gasteiger partial charge in [0.1, 0.15) is 11.8 Å². The van der Waals surface area contributed by atoms with Gasteiger partial charge in [-0.3, -0.25) is 14.8 Å². The Labute approximate surface area is 390 Å². The summed E-state index contributed by atoms with van der Waals surface area (Å²) in [6.45, 7) is 10.3. The second kappa shape index (κ2) is 22.9. The molecule has 0 aliphatic carbocycles. The van der Waals surface area contributed by atoms with Crippen LogP contribution in [-0.4, -0.2) is 116 Å². The molecule has 66 heavy (non-hydrogen) atoms. The number of azo groups is 2. The molecule has 10 rings (SSSR count). The van der Waals surface area contributed by atoms with E-state index < -0.39 is 5.97 Å². The van der Waals surface area contributed by atoms with Gasteiger partial charge in [0.2, 0.25) is 6.20 Å². The van der Waals surface area contributed by atoms with Crippen LogP contribution >= 0.6 is 15.9 Å². The second-order valence-corrected chi connectivity index (χ2v) is 15.7. The zero-order valence-corrected chi connectivity index (χ0v) is 37.9. The van der Waals surface area contributed by atoms with Crippen molar-refractivity contribution in [2.75, 3.05) is 52.6 Å². The number of hydrogen-bond donors (Lipinski definition) is 2. The second-order valence-electron chi connectivity index (χ2n) is 14.9. The number of allylic oxidation sites excluding steroid dienone is 1. The van der Waals surface area contributed by atoms with Crippen LogP contribution in [0, 0.1) is 38.0 Å². The molecule has 0 bridgehead atoms. The summed E-state index contributed by atoms with van der Waals surface area (Å²) < 4.78 is 14.9. The number of rotatable bonds is 4. The lowest BCUT2D eigenvalue weighted by atomic mass is 10.0. The van der Waals surface area contributed by atoms with Crippen LogP contribution in [-0.2, 0) is 9.47 Å². The first-order chi connectivity index (χ1) is 32.2. The van der Waals surface area contributed by atoms with E-state index in [1.54, 1.807) is 76.7 Å². The van der Waals surface area contributed by atoms with Crippen molar-refractivity contribution in [3.8, 4) is 35.4 Å². The van der Waals surface area contributed by atoms with Crippen LogP contribution in [0.3, 0.4) is 0 Å².